The molecule has 3 rings (SSSR count). The normalized spacial score (nSPS) is 10.2. The number of nitrogen functional groups attached to an aromatic ring is 1. The van der Waals surface area contributed by atoms with Crippen LogP contribution in [0.15, 0.2) is 54.6 Å². The zero-order valence-corrected chi connectivity index (χ0v) is 12.2. The van der Waals surface area contributed by atoms with Gasteiger partial charge in [-0.05, 0) is 12.1 Å². The van der Waals surface area contributed by atoms with Gasteiger partial charge in [0.2, 0.25) is 0 Å². The van der Waals surface area contributed by atoms with Crippen molar-refractivity contribution >= 4 is 17.4 Å². The molecule has 2 N–H and O–H groups in total. The maximum Gasteiger partial charge on any atom is 0.183 e. The highest BCUT2D eigenvalue weighted by atomic mass is 35.5. The van der Waals surface area contributed by atoms with Crippen LogP contribution in [0.2, 0.25) is 5.02 Å². The van der Waals surface area contributed by atoms with Gasteiger partial charge in [-0.3, -0.25) is 0 Å². The molecule has 0 atom stereocenters. The zero-order valence-electron chi connectivity index (χ0n) is 11.5. The fraction of sp³-hybridized carbons (Fsp3) is 0. The molecule has 1 aromatic heterocycles. The molecule has 0 fully saturated rings. The number of nitrogens with two attached hydrogens (primary N) is 1. The Hall–Kier alpha value is -2.90. The Morgan fingerprint density at radius 3 is 2.27 bits per heavy atom. The van der Waals surface area contributed by atoms with Crippen molar-refractivity contribution in [1.29, 1.82) is 5.26 Å². The second-order valence-corrected chi connectivity index (χ2v) is 5.08. The largest absolute Gasteiger partial charge is 0.381 e. The smallest absolute Gasteiger partial charge is 0.183 e. The molecule has 0 aliphatic rings. The summed E-state index contributed by atoms with van der Waals surface area (Å²) in [6.07, 6.45) is 0. The molecule has 0 bridgehead atoms. The van der Waals surface area contributed by atoms with Crippen LogP contribution in [-0.2, 0) is 0 Å². The molecule has 3 aromatic rings. The van der Waals surface area contributed by atoms with E-state index in [1.165, 1.54) is 0 Å². The van der Waals surface area contributed by atoms with E-state index >= 15 is 0 Å². The van der Waals surface area contributed by atoms with Gasteiger partial charge in [0.25, 0.3) is 0 Å². The number of aromatic nitrogens is 2. The highest BCUT2D eigenvalue weighted by molar-refractivity contribution is 6.30. The molecule has 0 saturated carbocycles. The topological polar surface area (TPSA) is 75.6 Å². The van der Waals surface area contributed by atoms with Crippen molar-refractivity contribution in [2.75, 3.05) is 5.73 Å². The van der Waals surface area contributed by atoms with E-state index in [4.69, 9.17) is 22.6 Å². The van der Waals surface area contributed by atoms with Gasteiger partial charge >= 0.3 is 0 Å². The van der Waals surface area contributed by atoms with Crippen LogP contribution in [0.3, 0.4) is 0 Å². The van der Waals surface area contributed by atoms with Gasteiger partial charge in [-0.2, -0.15) is 5.26 Å². The van der Waals surface area contributed by atoms with Gasteiger partial charge in [0.1, 0.15) is 6.07 Å². The Bertz CT molecular complexity index is 870. The van der Waals surface area contributed by atoms with Crippen LogP contribution in [-0.4, -0.2) is 9.97 Å². The summed E-state index contributed by atoms with van der Waals surface area (Å²) < 4.78 is 0. The Morgan fingerprint density at radius 2 is 1.59 bits per heavy atom. The maximum absolute atomic E-state index is 9.14. The summed E-state index contributed by atoms with van der Waals surface area (Å²) in [5.74, 6) is 0.108. The summed E-state index contributed by atoms with van der Waals surface area (Å²) >= 11 is 6.06. The average Bonchev–Trinajstić information content (AvgIpc) is 2.55. The standard InChI is InChI=1S/C17H11ClN4/c18-13-8-4-7-12(9-13)16-15(11-5-2-1-3-6-11)21-14(10-19)17(20)22-16/h1-9H,(H2,20,22). The number of hydrogen-bond donors (Lipinski definition) is 1. The van der Waals surface area contributed by atoms with Crippen LogP contribution in [0.25, 0.3) is 22.5 Å². The Kier molecular flexibility index (Phi) is 3.73. The Balaban J connectivity index is 2.29. The number of hydrogen-bond acceptors (Lipinski definition) is 4. The highest BCUT2D eigenvalue weighted by Gasteiger charge is 2.15. The molecule has 2 aromatic carbocycles. The predicted octanol–water partition coefficient (Wildman–Crippen LogP) is 3.92. The number of rotatable bonds is 2. The quantitative estimate of drug-likeness (QED) is 0.778. The molecule has 0 amide bonds. The number of anilines is 1. The molecule has 0 aliphatic heterocycles. The van der Waals surface area contributed by atoms with Crippen molar-refractivity contribution in [2.24, 2.45) is 0 Å². The number of nitrogens with zero attached hydrogens (tertiary/aromatic N) is 3. The molecule has 0 unspecified atom stereocenters. The second kappa shape index (κ2) is 5.84. The molecule has 106 valence electrons. The Labute approximate surface area is 132 Å². The van der Waals surface area contributed by atoms with E-state index in [1.807, 2.05) is 48.5 Å². The highest BCUT2D eigenvalue weighted by Crippen LogP contribution is 2.31. The SMILES string of the molecule is N#Cc1nc(-c2ccccc2)c(-c2cccc(Cl)c2)nc1N. The summed E-state index contributed by atoms with van der Waals surface area (Å²) in [4.78, 5) is 8.74. The molecular weight excluding hydrogens is 296 g/mol. The predicted molar refractivity (Wildman–Crippen MR) is 87.0 cm³/mol. The van der Waals surface area contributed by atoms with Gasteiger partial charge in [-0.15, -0.1) is 0 Å². The summed E-state index contributed by atoms with van der Waals surface area (Å²) in [7, 11) is 0. The van der Waals surface area contributed by atoms with E-state index in [2.05, 4.69) is 9.97 Å². The fourth-order valence-electron chi connectivity index (χ4n) is 2.16. The summed E-state index contributed by atoms with van der Waals surface area (Å²) in [5, 5.41) is 9.74. The zero-order chi connectivity index (χ0) is 15.5. The molecule has 22 heavy (non-hydrogen) atoms. The van der Waals surface area contributed by atoms with Gasteiger partial charge in [0.15, 0.2) is 11.5 Å². The monoisotopic (exact) mass is 306 g/mol. The van der Waals surface area contributed by atoms with E-state index in [0.29, 0.717) is 16.4 Å². The summed E-state index contributed by atoms with van der Waals surface area (Å²) in [5.41, 5.74) is 8.81. The van der Waals surface area contributed by atoms with Gasteiger partial charge in [0.05, 0.1) is 11.4 Å². The van der Waals surface area contributed by atoms with Crippen LogP contribution in [0.4, 0.5) is 5.82 Å². The van der Waals surface area contributed by atoms with Crippen molar-refractivity contribution in [3.05, 3.63) is 65.3 Å². The van der Waals surface area contributed by atoms with Gasteiger partial charge < -0.3 is 5.73 Å². The van der Waals surface area contributed by atoms with Gasteiger partial charge in [-0.1, -0.05) is 54.1 Å². The van der Waals surface area contributed by atoms with E-state index < -0.39 is 0 Å². The lowest BCUT2D eigenvalue weighted by Crippen LogP contribution is -2.03. The minimum Gasteiger partial charge on any atom is -0.381 e. The van der Waals surface area contributed by atoms with Crippen molar-refractivity contribution in [3.8, 4) is 28.6 Å². The third-order valence-corrected chi connectivity index (χ3v) is 3.41. The van der Waals surface area contributed by atoms with Crippen LogP contribution >= 0.6 is 11.6 Å². The molecule has 0 saturated heterocycles. The molecule has 0 spiro atoms. The first kappa shape index (κ1) is 14.1. The van der Waals surface area contributed by atoms with E-state index in [0.717, 1.165) is 11.1 Å². The lowest BCUT2D eigenvalue weighted by atomic mass is 10.0. The van der Waals surface area contributed by atoms with Crippen LogP contribution in [0, 0.1) is 11.3 Å². The van der Waals surface area contributed by atoms with E-state index in [-0.39, 0.29) is 11.5 Å². The minimum atomic E-state index is 0.108. The van der Waals surface area contributed by atoms with Crippen LogP contribution in [0.5, 0.6) is 0 Å². The van der Waals surface area contributed by atoms with Crippen molar-refractivity contribution in [3.63, 3.8) is 0 Å². The van der Waals surface area contributed by atoms with Crippen molar-refractivity contribution in [1.82, 2.24) is 9.97 Å². The van der Waals surface area contributed by atoms with Gasteiger partial charge in [0, 0.05) is 16.1 Å². The molecule has 1 heterocycles. The van der Waals surface area contributed by atoms with E-state index in [1.54, 1.807) is 12.1 Å². The molecular formula is C17H11ClN4. The first-order valence-electron chi connectivity index (χ1n) is 6.58. The average molecular weight is 307 g/mol. The third kappa shape index (κ3) is 2.62. The first-order valence-corrected chi connectivity index (χ1v) is 6.96. The molecule has 5 heteroatoms. The lowest BCUT2D eigenvalue weighted by molar-refractivity contribution is 1.18. The Morgan fingerprint density at radius 1 is 0.909 bits per heavy atom. The molecule has 0 radical (unpaired) electrons. The third-order valence-electron chi connectivity index (χ3n) is 3.17. The van der Waals surface area contributed by atoms with Crippen LogP contribution in [0.1, 0.15) is 5.69 Å². The fourth-order valence-corrected chi connectivity index (χ4v) is 2.36. The maximum atomic E-state index is 9.14. The molecule has 0 aliphatic carbocycles. The summed E-state index contributed by atoms with van der Waals surface area (Å²) in [6.45, 7) is 0. The first-order chi connectivity index (χ1) is 10.7. The van der Waals surface area contributed by atoms with Crippen molar-refractivity contribution < 1.29 is 0 Å². The number of benzene rings is 2. The summed E-state index contributed by atoms with van der Waals surface area (Å²) in [6, 6.07) is 18.8. The molecule has 4 nitrogen and oxygen atoms in total. The minimum absolute atomic E-state index is 0.108. The van der Waals surface area contributed by atoms with Gasteiger partial charge in [-0.25, -0.2) is 9.97 Å². The van der Waals surface area contributed by atoms with Crippen LogP contribution < -0.4 is 5.73 Å². The van der Waals surface area contributed by atoms with Crippen molar-refractivity contribution in [2.45, 2.75) is 0 Å². The lowest BCUT2D eigenvalue weighted by Gasteiger charge is -2.10. The second-order valence-electron chi connectivity index (χ2n) is 4.64. The number of nitriles is 1. The van der Waals surface area contributed by atoms with E-state index in [9.17, 15) is 0 Å². The number of halogens is 1.